The van der Waals surface area contributed by atoms with Gasteiger partial charge in [0.05, 0.1) is 6.42 Å². The molecule has 0 aliphatic carbocycles. The maximum absolute atomic E-state index is 12.1. The van der Waals surface area contributed by atoms with Crippen LogP contribution in [0.5, 0.6) is 0 Å². The van der Waals surface area contributed by atoms with Crippen molar-refractivity contribution in [1.29, 1.82) is 0 Å². The topological polar surface area (TPSA) is 20.3 Å². The van der Waals surface area contributed by atoms with Gasteiger partial charge in [-0.05, 0) is 43.5 Å². The molecule has 0 spiro atoms. The first-order valence-electron chi connectivity index (χ1n) is 5.81. The van der Waals surface area contributed by atoms with Crippen LogP contribution in [0.2, 0.25) is 5.02 Å². The van der Waals surface area contributed by atoms with Crippen LogP contribution in [0.25, 0.3) is 0 Å². The van der Waals surface area contributed by atoms with E-state index in [4.69, 9.17) is 11.6 Å². The number of rotatable bonds is 2. The Morgan fingerprint density at radius 1 is 1.59 bits per heavy atom. The molecule has 1 aliphatic heterocycles. The van der Waals surface area contributed by atoms with Gasteiger partial charge >= 0.3 is 0 Å². The quantitative estimate of drug-likeness (QED) is 0.815. The molecular formula is C13H15BrClNO. The third kappa shape index (κ3) is 3.02. The zero-order chi connectivity index (χ0) is 12.4. The Bertz CT molecular complexity index is 435. The van der Waals surface area contributed by atoms with Crippen LogP contribution in [0.15, 0.2) is 22.7 Å². The SMILES string of the molecule is C[C@H]1CCCN1C(=O)Cc1cc(Br)ccc1Cl. The molecule has 1 fully saturated rings. The summed E-state index contributed by atoms with van der Waals surface area (Å²) in [6.07, 6.45) is 2.61. The van der Waals surface area contributed by atoms with Gasteiger partial charge in [0, 0.05) is 22.1 Å². The number of hydrogen-bond acceptors (Lipinski definition) is 1. The van der Waals surface area contributed by atoms with Crippen LogP contribution in [0, 0.1) is 0 Å². The minimum atomic E-state index is 0.176. The summed E-state index contributed by atoms with van der Waals surface area (Å²) in [5.41, 5.74) is 0.894. The van der Waals surface area contributed by atoms with Gasteiger partial charge in [-0.25, -0.2) is 0 Å². The van der Waals surface area contributed by atoms with Crippen molar-refractivity contribution in [3.63, 3.8) is 0 Å². The van der Waals surface area contributed by atoms with Crippen LogP contribution in [0.4, 0.5) is 0 Å². The monoisotopic (exact) mass is 315 g/mol. The molecule has 0 radical (unpaired) electrons. The predicted molar refractivity (Wildman–Crippen MR) is 73.3 cm³/mol. The molecule has 4 heteroatoms. The van der Waals surface area contributed by atoms with E-state index in [-0.39, 0.29) is 5.91 Å². The maximum atomic E-state index is 12.1. The van der Waals surface area contributed by atoms with Crippen LogP contribution in [-0.2, 0) is 11.2 Å². The van der Waals surface area contributed by atoms with Gasteiger partial charge in [-0.3, -0.25) is 4.79 Å². The molecule has 0 saturated carbocycles. The zero-order valence-electron chi connectivity index (χ0n) is 9.75. The summed E-state index contributed by atoms with van der Waals surface area (Å²) in [7, 11) is 0. The number of hydrogen-bond donors (Lipinski definition) is 0. The summed E-state index contributed by atoms with van der Waals surface area (Å²) in [6, 6.07) is 5.99. The highest BCUT2D eigenvalue weighted by Gasteiger charge is 2.25. The first kappa shape index (κ1) is 12.9. The van der Waals surface area contributed by atoms with Crippen LogP contribution < -0.4 is 0 Å². The van der Waals surface area contributed by atoms with E-state index < -0.39 is 0 Å². The fourth-order valence-electron chi connectivity index (χ4n) is 2.25. The van der Waals surface area contributed by atoms with Crippen molar-refractivity contribution >= 4 is 33.4 Å². The standard InChI is InChI=1S/C13H15BrClNO/c1-9-3-2-6-16(9)13(17)8-10-7-11(14)4-5-12(10)15/h4-5,7,9H,2-3,6,8H2,1H3/t9-/m0/s1. The normalized spacial score (nSPS) is 19.7. The predicted octanol–water partition coefficient (Wildman–Crippen LogP) is 3.66. The minimum absolute atomic E-state index is 0.176. The lowest BCUT2D eigenvalue weighted by atomic mass is 10.1. The van der Waals surface area contributed by atoms with Gasteiger partial charge in [-0.15, -0.1) is 0 Å². The lowest BCUT2D eigenvalue weighted by Gasteiger charge is -2.21. The number of carbonyl (C=O) groups is 1. The number of amides is 1. The molecule has 2 rings (SSSR count). The van der Waals surface area contributed by atoms with Crippen LogP contribution in [0.1, 0.15) is 25.3 Å². The second-order valence-electron chi connectivity index (χ2n) is 4.49. The van der Waals surface area contributed by atoms with Crippen molar-refractivity contribution in [3.8, 4) is 0 Å². The summed E-state index contributed by atoms with van der Waals surface area (Å²) in [4.78, 5) is 14.1. The van der Waals surface area contributed by atoms with Crippen molar-refractivity contribution in [2.24, 2.45) is 0 Å². The van der Waals surface area contributed by atoms with E-state index in [1.807, 2.05) is 23.1 Å². The smallest absolute Gasteiger partial charge is 0.227 e. The van der Waals surface area contributed by atoms with Gasteiger partial charge in [-0.2, -0.15) is 0 Å². The number of halogens is 2. The van der Waals surface area contributed by atoms with Crippen molar-refractivity contribution in [1.82, 2.24) is 4.90 Å². The van der Waals surface area contributed by atoms with Gasteiger partial charge < -0.3 is 4.90 Å². The maximum Gasteiger partial charge on any atom is 0.227 e. The Balaban J connectivity index is 2.10. The Hall–Kier alpha value is -0.540. The van der Waals surface area contributed by atoms with Gasteiger partial charge in [-0.1, -0.05) is 27.5 Å². The molecule has 1 heterocycles. The summed E-state index contributed by atoms with van der Waals surface area (Å²) < 4.78 is 0.958. The molecule has 0 unspecified atom stereocenters. The largest absolute Gasteiger partial charge is 0.340 e. The average Bonchev–Trinajstić information content (AvgIpc) is 2.70. The third-order valence-electron chi connectivity index (χ3n) is 3.22. The van der Waals surface area contributed by atoms with E-state index in [1.54, 1.807) is 0 Å². The number of nitrogens with zero attached hydrogens (tertiary/aromatic N) is 1. The molecule has 0 N–H and O–H groups in total. The molecule has 1 atom stereocenters. The number of likely N-dealkylation sites (tertiary alicyclic amines) is 1. The highest BCUT2D eigenvalue weighted by atomic mass is 79.9. The fourth-order valence-corrected chi connectivity index (χ4v) is 2.84. The van der Waals surface area contributed by atoms with Crippen LogP contribution in [0.3, 0.4) is 0 Å². The molecular weight excluding hydrogens is 302 g/mol. The van der Waals surface area contributed by atoms with Crippen LogP contribution in [-0.4, -0.2) is 23.4 Å². The average molecular weight is 317 g/mol. The van der Waals surface area contributed by atoms with Gasteiger partial charge in [0.1, 0.15) is 0 Å². The van der Waals surface area contributed by atoms with E-state index in [1.165, 1.54) is 0 Å². The molecule has 1 amide bonds. The molecule has 1 aliphatic rings. The Kier molecular flexibility index (Phi) is 4.10. The summed E-state index contributed by atoms with van der Waals surface area (Å²) in [5, 5.41) is 0.661. The second kappa shape index (κ2) is 5.40. The van der Waals surface area contributed by atoms with E-state index in [9.17, 15) is 4.79 Å². The Morgan fingerprint density at radius 3 is 3.00 bits per heavy atom. The summed E-state index contributed by atoms with van der Waals surface area (Å²) in [5.74, 6) is 0.176. The van der Waals surface area contributed by atoms with Gasteiger partial charge in [0.15, 0.2) is 0 Å². The first-order chi connectivity index (χ1) is 8.08. The van der Waals surface area contributed by atoms with Crippen molar-refractivity contribution in [3.05, 3.63) is 33.3 Å². The van der Waals surface area contributed by atoms with E-state index in [0.29, 0.717) is 17.5 Å². The molecule has 0 bridgehead atoms. The van der Waals surface area contributed by atoms with Crippen LogP contribution >= 0.6 is 27.5 Å². The molecule has 0 aromatic heterocycles. The highest BCUT2D eigenvalue weighted by Crippen LogP contribution is 2.23. The lowest BCUT2D eigenvalue weighted by Crippen LogP contribution is -2.34. The van der Waals surface area contributed by atoms with E-state index in [2.05, 4.69) is 22.9 Å². The van der Waals surface area contributed by atoms with Gasteiger partial charge in [0.25, 0.3) is 0 Å². The molecule has 17 heavy (non-hydrogen) atoms. The zero-order valence-corrected chi connectivity index (χ0v) is 12.1. The van der Waals surface area contributed by atoms with Crippen molar-refractivity contribution in [2.75, 3.05) is 6.54 Å². The third-order valence-corrected chi connectivity index (χ3v) is 4.08. The number of benzene rings is 1. The van der Waals surface area contributed by atoms with Crippen molar-refractivity contribution in [2.45, 2.75) is 32.2 Å². The molecule has 92 valence electrons. The Morgan fingerprint density at radius 2 is 2.35 bits per heavy atom. The first-order valence-corrected chi connectivity index (χ1v) is 6.98. The summed E-state index contributed by atoms with van der Waals surface area (Å²) in [6.45, 7) is 2.99. The molecule has 1 saturated heterocycles. The molecule has 2 nitrogen and oxygen atoms in total. The lowest BCUT2D eigenvalue weighted by molar-refractivity contribution is -0.130. The van der Waals surface area contributed by atoms with E-state index >= 15 is 0 Å². The molecule has 1 aromatic rings. The van der Waals surface area contributed by atoms with Gasteiger partial charge in [0.2, 0.25) is 5.91 Å². The molecule has 1 aromatic carbocycles. The minimum Gasteiger partial charge on any atom is -0.340 e. The van der Waals surface area contributed by atoms with Crippen molar-refractivity contribution < 1.29 is 4.79 Å². The second-order valence-corrected chi connectivity index (χ2v) is 5.81. The summed E-state index contributed by atoms with van der Waals surface area (Å²) >= 11 is 9.49. The highest BCUT2D eigenvalue weighted by molar-refractivity contribution is 9.10. The number of carbonyl (C=O) groups excluding carboxylic acids is 1. The fraction of sp³-hybridized carbons (Fsp3) is 0.462. The Labute approximate surface area is 115 Å². The van der Waals surface area contributed by atoms with E-state index in [0.717, 1.165) is 29.4 Å².